The Morgan fingerprint density at radius 3 is 2.80 bits per heavy atom. The van der Waals surface area contributed by atoms with Crippen molar-refractivity contribution in [2.24, 2.45) is 0 Å². The van der Waals surface area contributed by atoms with E-state index >= 15 is 0 Å². The van der Waals surface area contributed by atoms with Crippen LogP contribution in [0.5, 0.6) is 5.88 Å². The summed E-state index contributed by atoms with van der Waals surface area (Å²) < 4.78 is 29.8. The van der Waals surface area contributed by atoms with Crippen molar-refractivity contribution in [1.29, 1.82) is 5.26 Å². The molecule has 0 radical (unpaired) electrons. The fraction of sp³-hybridized carbons (Fsp3) is 0.333. The third kappa shape index (κ3) is 2.31. The summed E-state index contributed by atoms with van der Waals surface area (Å²) in [5.74, 6) is 0.0322. The molecule has 0 aromatic carbocycles. The van der Waals surface area contributed by atoms with Crippen molar-refractivity contribution < 1.29 is 13.5 Å². The zero-order valence-electron chi connectivity index (χ0n) is 8.00. The molecule has 0 fully saturated rings. The number of hydrogen-bond donors (Lipinski definition) is 1. The van der Waals surface area contributed by atoms with Gasteiger partial charge in [0.2, 0.25) is 5.88 Å². The second kappa shape index (κ2) is 4.55. The number of anilines is 1. The summed E-state index contributed by atoms with van der Waals surface area (Å²) in [4.78, 5) is 3.82. The number of rotatable bonds is 3. The van der Waals surface area contributed by atoms with Gasteiger partial charge in [-0.05, 0) is 0 Å². The standard InChI is InChI=1S/C9H9F2N3O/c1-15-7-4-5(9(10)11)8(13)6(14-7)2-3-12/h4,9H,2,13H2,1H3. The Balaban J connectivity index is 3.28. The second-order valence-electron chi connectivity index (χ2n) is 2.75. The SMILES string of the molecule is COc1cc(C(F)F)c(N)c(CC#N)n1. The van der Waals surface area contributed by atoms with Crippen molar-refractivity contribution in [3.63, 3.8) is 0 Å². The number of aromatic nitrogens is 1. The number of pyridine rings is 1. The zero-order valence-corrected chi connectivity index (χ0v) is 8.00. The van der Waals surface area contributed by atoms with Crippen molar-refractivity contribution in [3.8, 4) is 11.9 Å². The van der Waals surface area contributed by atoms with E-state index in [2.05, 4.69) is 4.98 Å². The van der Waals surface area contributed by atoms with Gasteiger partial charge in [0.1, 0.15) is 0 Å². The van der Waals surface area contributed by atoms with E-state index in [1.54, 1.807) is 6.07 Å². The van der Waals surface area contributed by atoms with Gasteiger partial charge >= 0.3 is 0 Å². The van der Waals surface area contributed by atoms with Crippen molar-refractivity contribution in [1.82, 2.24) is 4.98 Å². The first-order valence-corrected chi connectivity index (χ1v) is 4.08. The second-order valence-corrected chi connectivity index (χ2v) is 2.75. The van der Waals surface area contributed by atoms with E-state index in [-0.39, 0.29) is 29.2 Å². The number of nitrogens with zero attached hydrogens (tertiary/aromatic N) is 2. The molecule has 2 N–H and O–H groups in total. The lowest BCUT2D eigenvalue weighted by molar-refractivity contribution is 0.151. The van der Waals surface area contributed by atoms with Gasteiger partial charge in [-0.1, -0.05) is 0 Å². The monoisotopic (exact) mass is 213 g/mol. The predicted molar refractivity (Wildman–Crippen MR) is 49.5 cm³/mol. The number of alkyl halides is 2. The third-order valence-corrected chi connectivity index (χ3v) is 1.84. The number of nitrogen functional groups attached to an aromatic ring is 1. The molecule has 15 heavy (non-hydrogen) atoms. The van der Waals surface area contributed by atoms with Gasteiger partial charge in [0.05, 0.1) is 31.0 Å². The zero-order chi connectivity index (χ0) is 11.4. The van der Waals surface area contributed by atoms with Crippen molar-refractivity contribution >= 4 is 5.69 Å². The van der Waals surface area contributed by atoms with Crippen LogP contribution in [-0.2, 0) is 6.42 Å². The molecule has 0 saturated heterocycles. The Hall–Kier alpha value is -1.90. The molecule has 0 amide bonds. The average molecular weight is 213 g/mol. The quantitative estimate of drug-likeness (QED) is 0.828. The van der Waals surface area contributed by atoms with E-state index < -0.39 is 6.43 Å². The van der Waals surface area contributed by atoms with E-state index in [9.17, 15) is 8.78 Å². The van der Waals surface area contributed by atoms with Crippen LogP contribution in [0.3, 0.4) is 0 Å². The molecule has 0 aliphatic heterocycles. The molecule has 0 spiro atoms. The number of hydrogen-bond acceptors (Lipinski definition) is 4. The molecule has 0 bridgehead atoms. The molecule has 1 aromatic rings. The van der Waals surface area contributed by atoms with Crippen LogP contribution in [0.1, 0.15) is 17.7 Å². The van der Waals surface area contributed by atoms with E-state index in [0.29, 0.717) is 0 Å². The van der Waals surface area contributed by atoms with Crippen molar-refractivity contribution in [3.05, 3.63) is 17.3 Å². The summed E-state index contributed by atoms with van der Waals surface area (Å²) in [6.45, 7) is 0. The molecule has 0 aliphatic rings. The summed E-state index contributed by atoms with van der Waals surface area (Å²) in [5.41, 5.74) is 5.06. The van der Waals surface area contributed by atoms with Gasteiger partial charge in [-0.3, -0.25) is 0 Å². The highest BCUT2D eigenvalue weighted by Gasteiger charge is 2.17. The van der Waals surface area contributed by atoms with Crippen LogP contribution in [0.4, 0.5) is 14.5 Å². The van der Waals surface area contributed by atoms with Gasteiger partial charge in [-0.25, -0.2) is 13.8 Å². The number of methoxy groups -OCH3 is 1. The first kappa shape index (κ1) is 11.2. The molecule has 80 valence electrons. The minimum Gasteiger partial charge on any atom is -0.481 e. The van der Waals surface area contributed by atoms with Gasteiger partial charge in [0.25, 0.3) is 6.43 Å². The first-order chi connectivity index (χ1) is 7.10. The number of halogens is 2. The lowest BCUT2D eigenvalue weighted by Crippen LogP contribution is -2.04. The smallest absolute Gasteiger partial charge is 0.266 e. The van der Waals surface area contributed by atoms with E-state index in [0.717, 1.165) is 6.07 Å². The van der Waals surface area contributed by atoms with E-state index in [1.807, 2.05) is 0 Å². The maximum Gasteiger partial charge on any atom is 0.266 e. The van der Waals surface area contributed by atoms with Crippen molar-refractivity contribution in [2.45, 2.75) is 12.8 Å². The lowest BCUT2D eigenvalue weighted by Gasteiger charge is -2.09. The van der Waals surface area contributed by atoms with Gasteiger partial charge in [0, 0.05) is 11.6 Å². The molecule has 1 aromatic heterocycles. The van der Waals surface area contributed by atoms with Gasteiger partial charge in [0.15, 0.2) is 0 Å². The number of nitrogens with two attached hydrogens (primary N) is 1. The molecule has 0 aliphatic carbocycles. The molecular weight excluding hydrogens is 204 g/mol. The van der Waals surface area contributed by atoms with Crippen LogP contribution in [0, 0.1) is 11.3 Å². The molecule has 0 unspecified atom stereocenters. The van der Waals surface area contributed by atoms with E-state index in [4.69, 9.17) is 15.7 Å². The summed E-state index contributed by atoms with van der Waals surface area (Å²) in [6.07, 6.45) is -2.83. The third-order valence-electron chi connectivity index (χ3n) is 1.84. The van der Waals surface area contributed by atoms with Gasteiger partial charge < -0.3 is 10.5 Å². The van der Waals surface area contributed by atoms with Crippen LogP contribution in [0.25, 0.3) is 0 Å². The molecule has 1 rings (SSSR count). The molecule has 6 heteroatoms. The number of nitriles is 1. The molecular formula is C9H9F2N3O. The largest absolute Gasteiger partial charge is 0.481 e. The summed E-state index contributed by atoms with van der Waals surface area (Å²) in [5, 5.41) is 8.46. The van der Waals surface area contributed by atoms with Crippen LogP contribution in [0.15, 0.2) is 6.07 Å². The molecule has 0 atom stereocenters. The van der Waals surface area contributed by atoms with Crippen LogP contribution in [0.2, 0.25) is 0 Å². The normalized spacial score (nSPS) is 10.1. The van der Waals surface area contributed by atoms with Crippen molar-refractivity contribution in [2.75, 3.05) is 12.8 Å². The maximum absolute atomic E-state index is 12.5. The minimum atomic E-state index is -2.71. The maximum atomic E-state index is 12.5. The Bertz CT molecular complexity index is 401. The highest BCUT2D eigenvalue weighted by Crippen LogP contribution is 2.29. The average Bonchev–Trinajstić information content (AvgIpc) is 2.21. The summed E-state index contributed by atoms with van der Waals surface area (Å²) in [7, 11) is 1.31. The topological polar surface area (TPSA) is 71.9 Å². The Kier molecular flexibility index (Phi) is 3.39. The Morgan fingerprint density at radius 1 is 1.67 bits per heavy atom. The molecule has 4 nitrogen and oxygen atoms in total. The van der Waals surface area contributed by atoms with Crippen LogP contribution < -0.4 is 10.5 Å². The first-order valence-electron chi connectivity index (χ1n) is 4.08. The lowest BCUT2D eigenvalue weighted by atomic mass is 10.1. The number of ether oxygens (including phenoxy) is 1. The van der Waals surface area contributed by atoms with E-state index in [1.165, 1.54) is 7.11 Å². The Labute approximate surface area is 85.3 Å². The highest BCUT2D eigenvalue weighted by molar-refractivity contribution is 5.54. The Morgan fingerprint density at radius 2 is 2.33 bits per heavy atom. The molecule has 1 heterocycles. The molecule has 0 saturated carbocycles. The van der Waals surface area contributed by atoms with Crippen LogP contribution in [-0.4, -0.2) is 12.1 Å². The fourth-order valence-corrected chi connectivity index (χ4v) is 1.10. The highest BCUT2D eigenvalue weighted by atomic mass is 19.3. The summed E-state index contributed by atoms with van der Waals surface area (Å²) >= 11 is 0. The van der Waals surface area contributed by atoms with Crippen LogP contribution >= 0.6 is 0 Å². The van der Waals surface area contributed by atoms with Gasteiger partial charge in [-0.2, -0.15) is 5.26 Å². The summed E-state index contributed by atoms with van der Waals surface area (Å²) in [6, 6.07) is 2.87. The minimum absolute atomic E-state index is 0.0322. The fourth-order valence-electron chi connectivity index (χ4n) is 1.10. The van der Waals surface area contributed by atoms with Gasteiger partial charge in [-0.15, -0.1) is 0 Å². The predicted octanol–water partition coefficient (Wildman–Crippen LogP) is 1.68.